The van der Waals surface area contributed by atoms with Gasteiger partial charge in [0.15, 0.2) is 17.5 Å². The molecule has 0 spiro atoms. The molecule has 1 nitrogen and oxygen atoms in total. The number of hydrogen-bond donors (Lipinski definition) is 1. The molecule has 1 aromatic rings. The maximum Gasteiger partial charge on any atom is 0.194 e. The van der Waals surface area contributed by atoms with Crippen LogP contribution in [0.5, 0.6) is 0 Å². The molecule has 0 bridgehead atoms. The Kier molecular flexibility index (Phi) is 4.65. The standard InChI is InChI=1S/C12H16F3N/c1-3-4-5-8(2)16-9-6-10(13)12(15)11(14)7-9/h6-8,16H,3-5H2,1-2H3. The largest absolute Gasteiger partial charge is 0.382 e. The predicted octanol–water partition coefficient (Wildman–Crippen LogP) is 4.09. The Balaban J connectivity index is 2.67. The summed E-state index contributed by atoms with van der Waals surface area (Å²) in [5.74, 6) is -3.75. The van der Waals surface area contributed by atoms with E-state index >= 15 is 0 Å². The van der Waals surface area contributed by atoms with Crippen molar-refractivity contribution in [3.8, 4) is 0 Å². The zero-order chi connectivity index (χ0) is 12.1. The molecular formula is C12H16F3N. The molecule has 0 aliphatic rings. The number of benzene rings is 1. The molecule has 16 heavy (non-hydrogen) atoms. The number of rotatable bonds is 5. The Morgan fingerprint density at radius 1 is 1.19 bits per heavy atom. The summed E-state index contributed by atoms with van der Waals surface area (Å²) in [4.78, 5) is 0. The van der Waals surface area contributed by atoms with Crippen LogP contribution in [0.4, 0.5) is 18.9 Å². The quantitative estimate of drug-likeness (QED) is 0.752. The van der Waals surface area contributed by atoms with Gasteiger partial charge in [-0.1, -0.05) is 19.8 Å². The second-order valence-electron chi connectivity index (χ2n) is 3.94. The molecule has 0 aromatic heterocycles. The van der Waals surface area contributed by atoms with Crippen molar-refractivity contribution in [1.29, 1.82) is 0 Å². The maximum atomic E-state index is 12.9. The average Bonchev–Trinajstić information content (AvgIpc) is 2.23. The van der Waals surface area contributed by atoms with E-state index in [0.717, 1.165) is 31.4 Å². The second kappa shape index (κ2) is 5.77. The molecular weight excluding hydrogens is 215 g/mol. The lowest BCUT2D eigenvalue weighted by Gasteiger charge is -2.15. The SMILES string of the molecule is CCCCC(C)Nc1cc(F)c(F)c(F)c1. The molecule has 0 amide bonds. The predicted molar refractivity (Wildman–Crippen MR) is 58.9 cm³/mol. The van der Waals surface area contributed by atoms with Gasteiger partial charge >= 0.3 is 0 Å². The molecule has 90 valence electrons. The van der Waals surface area contributed by atoms with Crippen molar-refractivity contribution in [1.82, 2.24) is 0 Å². The molecule has 1 unspecified atom stereocenters. The van der Waals surface area contributed by atoms with E-state index in [0.29, 0.717) is 0 Å². The summed E-state index contributed by atoms with van der Waals surface area (Å²) < 4.78 is 38.4. The molecule has 1 aromatic carbocycles. The van der Waals surface area contributed by atoms with Crippen LogP contribution < -0.4 is 5.32 Å². The van der Waals surface area contributed by atoms with E-state index in [9.17, 15) is 13.2 Å². The molecule has 4 heteroatoms. The van der Waals surface area contributed by atoms with Crippen LogP contribution in [-0.4, -0.2) is 6.04 Å². The molecule has 0 fully saturated rings. The molecule has 1 atom stereocenters. The van der Waals surface area contributed by atoms with Crippen LogP contribution in [0.25, 0.3) is 0 Å². The summed E-state index contributed by atoms with van der Waals surface area (Å²) in [5, 5.41) is 2.94. The van der Waals surface area contributed by atoms with Gasteiger partial charge in [-0.3, -0.25) is 0 Å². The highest BCUT2D eigenvalue weighted by Gasteiger charge is 2.11. The summed E-state index contributed by atoms with van der Waals surface area (Å²) in [5.41, 5.74) is 0.278. The fraction of sp³-hybridized carbons (Fsp3) is 0.500. The molecule has 1 N–H and O–H groups in total. The lowest BCUT2D eigenvalue weighted by molar-refractivity contribution is 0.447. The second-order valence-corrected chi connectivity index (χ2v) is 3.94. The Bertz CT molecular complexity index is 329. The van der Waals surface area contributed by atoms with Crippen molar-refractivity contribution in [2.75, 3.05) is 5.32 Å². The lowest BCUT2D eigenvalue weighted by Crippen LogP contribution is -2.15. The van der Waals surface area contributed by atoms with Gasteiger partial charge in [0.1, 0.15) is 0 Å². The first-order valence-corrected chi connectivity index (χ1v) is 5.45. The number of hydrogen-bond acceptors (Lipinski definition) is 1. The van der Waals surface area contributed by atoms with Crippen molar-refractivity contribution in [3.05, 3.63) is 29.6 Å². The Morgan fingerprint density at radius 2 is 1.75 bits per heavy atom. The van der Waals surface area contributed by atoms with Crippen molar-refractivity contribution >= 4 is 5.69 Å². The van der Waals surface area contributed by atoms with Crippen molar-refractivity contribution in [2.24, 2.45) is 0 Å². The third-order valence-electron chi connectivity index (χ3n) is 2.39. The molecule has 0 saturated carbocycles. The van der Waals surface area contributed by atoms with E-state index in [1.807, 2.05) is 6.92 Å². The fourth-order valence-corrected chi connectivity index (χ4v) is 1.51. The van der Waals surface area contributed by atoms with E-state index in [-0.39, 0.29) is 11.7 Å². The first-order chi connectivity index (χ1) is 7.54. The highest BCUT2D eigenvalue weighted by molar-refractivity contribution is 5.44. The first kappa shape index (κ1) is 12.9. The Morgan fingerprint density at radius 3 is 2.25 bits per heavy atom. The minimum atomic E-state index is -1.42. The van der Waals surface area contributed by atoms with Gasteiger partial charge < -0.3 is 5.32 Å². The molecule has 0 saturated heterocycles. The van der Waals surface area contributed by atoms with E-state index < -0.39 is 17.5 Å². The van der Waals surface area contributed by atoms with Crippen LogP contribution in [0.2, 0.25) is 0 Å². The third kappa shape index (κ3) is 3.43. The molecule has 0 radical (unpaired) electrons. The average molecular weight is 231 g/mol. The summed E-state index contributed by atoms with van der Waals surface area (Å²) in [6.45, 7) is 4.00. The highest BCUT2D eigenvalue weighted by atomic mass is 19.2. The van der Waals surface area contributed by atoms with Gasteiger partial charge in [-0.25, -0.2) is 13.2 Å². The van der Waals surface area contributed by atoms with Crippen LogP contribution in [0.3, 0.4) is 0 Å². The van der Waals surface area contributed by atoms with E-state index in [4.69, 9.17) is 0 Å². The monoisotopic (exact) mass is 231 g/mol. The fourth-order valence-electron chi connectivity index (χ4n) is 1.51. The van der Waals surface area contributed by atoms with E-state index in [2.05, 4.69) is 12.2 Å². The van der Waals surface area contributed by atoms with Gasteiger partial charge in [0.05, 0.1) is 0 Å². The van der Waals surface area contributed by atoms with Gasteiger partial charge in [-0.05, 0) is 13.3 Å². The van der Waals surface area contributed by atoms with Gasteiger partial charge in [-0.2, -0.15) is 0 Å². The highest BCUT2D eigenvalue weighted by Crippen LogP contribution is 2.18. The first-order valence-electron chi connectivity index (χ1n) is 5.45. The van der Waals surface area contributed by atoms with Crippen LogP contribution in [0.15, 0.2) is 12.1 Å². The summed E-state index contributed by atoms with van der Waals surface area (Å²) >= 11 is 0. The smallest absolute Gasteiger partial charge is 0.194 e. The number of unbranched alkanes of at least 4 members (excludes halogenated alkanes) is 1. The van der Waals surface area contributed by atoms with Crippen molar-refractivity contribution < 1.29 is 13.2 Å². The molecule has 1 rings (SSSR count). The van der Waals surface area contributed by atoms with Crippen molar-refractivity contribution in [3.63, 3.8) is 0 Å². The van der Waals surface area contributed by atoms with Gasteiger partial charge in [0.25, 0.3) is 0 Å². The number of anilines is 1. The third-order valence-corrected chi connectivity index (χ3v) is 2.39. The lowest BCUT2D eigenvalue weighted by atomic mass is 10.1. The summed E-state index contributed by atoms with van der Waals surface area (Å²) in [6, 6.07) is 2.06. The van der Waals surface area contributed by atoms with Crippen LogP contribution in [0, 0.1) is 17.5 Å². The van der Waals surface area contributed by atoms with E-state index in [1.54, 1.807) is 0 Å². The normalized spacial score (nSPS) is 12.6. The zero-order valence-electron chi connectivity index (χ0n) is 9.49. The molecule has 0 aliphatic carbocycles. The van der Waals surface area contributed by atoms with Crippen molar-refractivity contribution in [2.45, 2.75) is 39.2 Å². The van der Waals surface area contributed by atoms with Crippen LogP contribution in [0.1, 0.15) is 33.1 Å². The summed E-state index contributed by atoms with van der Waals surface area (Å²) in [6.07, 6.45) is 3.02. The molecule has 0 heterocycles. The topological polar surface area (TPSA) is 12.0 Å². The molecule has 0 aliphatic heterocycles. The number of nitrogens with one attached hydrogen (secondary N) is 1. The van der Waals surface area contributed by atoms with Crippen LogP contribution >= 0.6 is 0 Å². The maximum absolute atomic E-state index is 12.9. The minimum Gasteiger partial charge on any atom is -0.382 e. The summed E-state index contributed by atoms with van der Waals surface area (Å²) in [7, 11) is 0. The van der Waals surface area contributed by atoms with Gasteiger partial charge in [-0.15, -0.1) is 0 Å². The minimum absolute atomic E-state index is 0.115. The van der Waals surface area contributed by atoms with Crippen LogP contribution in [-0.2, 0) is 0 Å². The van der Waals surface area contributed by atoms with Gasteiger partial charge in [0.2, 0.25) is 0 Å². The number of halogens is 3. The Hall–Kier alpha value is -1.19. The zero-order valence-corrected chi connectivity index (χ0v) is 9.49. The van der Waals surface area contributed by atoms with E-state index in [1.165, 1.54) is 0 Å². The Labute approximate surface area is 93.7 Å². The van der Waals surface area contributed by atoms with Gasteiger partial charge in [0, 0.05) is 23.9 Å².